The van der Waals surface area contributed by atoms with Crippen molar-refractivity contribution in [2.24, 2.45) is 40.9 Å². The van der Waals surface area contributed by atoms with Crippen LogP contribution >= 0.6 is 0 Å². The number of hydrogen-bond acceptors (Lipinski definition) is 8. The maximum atomic E-state index is 14.5. The number of Topliss-reactive ketones (excluding diaryl/α,β-unsaturated/α-hetero) is 3. The van der Waals surface area contributed by atoms with Gasteiger partial charge in [0.05, 0.1) is 36.8 Å². The van der Waals surface area contributed by atoms with E-state index in [4.69, 9.17) is 9.47 Å². The van der Waals surface area contributed by atoms with Crippen LogP contribution in [0.5, 0.6) is 0 Å². The van der Waals surface area contributed by atoms with Crippen LogP contribution in [0.15, 0.2) is 54.6 Å². The molecule has 2 aromatic rings. The number of benzene rings is 2. The molecule has 3 rings (SSSR count). The highest BCUT2D eigenvalue weighted by Gasteiger charge is 2.43. The van der Waals surface area contributed by atoms with Gasteiger partial charge in [0.1, 0.15) is 11.6 Å². The van der Waals surface area contributed by atoms with Gasteiger partial charge in [0, 0.05) is 65.3 Å². The van der Waals surface area contributed by atoms with E-state index < -0.39 is 30.1 Å². The number of rotatable bonds is 28. The van der Waals surface area contributed by atoms with Crippen LogP contribution in [0.4, 0.5) is 0 Å². The van der Waals surface area contributed by atoms with Crippen LogP contribution in [-0.4, -0.2) is 116 Å². The van der Waals surface area contributed by atoms with E-state index in [9.17, 15) is 24.0 Å². The SMILES string of the molecule is CC[C@H](C)[C@@H]([C@@H](CC(=O)N1CCC[C@H]1[C@H](OC)[C@@H](C)C(=O)C[C@H](CC(=O)CCc1ccc(CC(C)(C)C)cc1)Cc1ccccc1)OC)N(C)C(=O)[C@@H](CC(=O)[C@H](C(C)C)N(C)C)C(C)C. The predicted octanol–water partition coefficient (Wildman–Crippen LogP) is 9.72. The molecule has 0 aromatic heterocycles. The zero-order chi connectivity index (χ0) is 49.5. The number of carbonyl (C=O) groups is 5. The molecule has 0 spiro atoms. The summed E-state index contributed by atoms with van der Waals surface area (Å²) in [6.07, 6.45) is 4.57. The van der Waals surface area contributed by atoms with E-state index in [-0.39, 0.29) is 89.6 Å². The average molecular weight is 916 g/mol. The zero-order valence-corrected chi connectivity index (χ0v) is 43.7. The second-order valence-electron chi connectivity index (χ2n) is 21.8. The van der Waals surface area contributed by atoms with E-state index in [1.807, 2.05) is 76.7 Å². The minimum atomic E-state index is -0.597. The van der Waals surface area contributed by atoms with Gasteiger partial charge in [-0.2, -0.15) is 0 Å². The Balaban J connectivity index is 1.76. The highest BCUT2D eigenvalue weighted by Crippen LogP contribution is 2.32. The molecule has 0 bridgehead atoms. The smallest absolute Gasteiger partial charge is 0.226 e. The summed E-state index contributed by atoms with van der Waals surface area (Å²) in [5.41, 5.74) is 3.73. The molecule has 1 saturated heterocycles. The Bertz CT molecular complexity index is 1810. The van der Waals surface area contributed by atoms with Gasteiger partial charge in [-0.05, 0) is 92.0 Å². The van der Waals surface area contributed by atoms with Crippen molar-refractivity contribution in [3.05, 3.63) is 71.3 Å². The Labute approximate surface area is 400 Å². The topological polar surface area (TPSA) is 114 Å². The van der Waals surface area contributed by atoms with Crippen LogP contribution < -0.4 is 0 Å². The molecule has 0 unspecified atom stereocenters. The number of aryl methyl sites for hydroxylation is 1. The van der Waals surface area contributed by atoms with Gasteiger partial charge in [-0.25, -0.2) is 0 Å². The van der Waals surface area contributed by atoms with Crippen molar-refractivity contribution in [3.8, 4) is 0 Å². The Kier molecular flexibility index (Phi) is 22.9. The quantitative estimate of drug-likeness (QED) is 0.0830. The Morgan fingerprint density at radius 3 is 1.91 bits per heavy atom. The molecule has 2 aromatic carbocycles. The lowest BCUT2D eigenvalue weighted by atomic mass is 9.83. The first-order valence-electron chi connectivity index (χ1n) is 25.0. The normalized spacial score (nSPS) is 18.2. The second kappa shape index (κ2) is 26.7. The van der Waals surface area contributed by atoms with Gasteiger partial charge in [-0.3, -0.25) is 28.9 Å². The first kappa shape index (κ1) is 56.6. The summed E-state index contributed by atoms with van der Waals surface area (Å²) >= 11 is 0. The van der Waals surface area contributed by atoms with Gasteiger partial charge in [0.25, 0.3) is 0 Å². The Morgan fingerprint density at radius 2 is 1.38 bits per heavy atom. The van der Waals surface area contributed by atoms with Gasteiger partial charge in [-0.1, -0.05) is 130 Å². The van der Waals surface area contributed by atoms with Crippen molar-refractivity contribution >= 4 is 29.2 Å². The fourth-order valence-corrected chi connectivity index (χ4v) is 10.6. The minimum Gasteiger partial charge on any atom is -0.379 e. The summed E-state index contributed by atoms with van der Waals surface area (Å²) in [5.74, 6) is -1.13. The molecule has 1 heterocycles. The van der Waals surface area contributed by atoms with Crippen molar-refractivity contribution in [2.45, 2.75) is 170 Å². The Hall–Kier alpha value is -3.73. The van der Waals surface area contributed by atoms with Crippen LogP contribution in [0.2, 0.25) is 0 Å². The molecule has 10 nitrogen and oxygen atoms in total. The van der Waals surface area contributed by atoms with Crippen LogP contribution in [0, 0.1) is 40.9 Å². The van der Waals surface area contributed by atoms with Crippen molar-refractivity contribution in [3.63, 3.8) is 0 Å². The van der Waals surface area contributed by atoms with Gasteiger partial charge in [0.15, 0.2) is 5.78 Å². The van der Waals surface area contributed by atoms with Gasteiger partial charge in [0.2, 0.25) is 11.8 Å². The number of hydrogen-bond donors (Lipinski definition) is 0. The molecule has 0 aliphatic carbocycles. The van der Waals surface area contributed by atoms with Crippen LogP contribution in [-0.2, 0) is 52.7 Å². The molecule has 66 heavy (non-hydrogen) atoms. The number of amides is 2. The summed E-state index contributed by atoms with van der Waals surface area (Å²) in [7, 11) is 8.82. The third-order valence-electron chi connectivity index (χ3n) is 14.2. The van der Waals surface area contributed by atoms with Crippen molar-refractivity contribution in [1.29, 1.82) is 0 Å². The fraction of sp³-hybridized carbons (Fsp3) is 0.696. The lowest BCUT2D eigenvalue weighted by molar-refractivity contribution is -0.149. The molecule has 370 valence electrons. The van der Waals surface area contributed by atoms with Crippen molar-refractivity contribution in [2.75, 3.05) is 41.9 Å². The number of ketones is 3. The van der Waals surface area contributed by atoms with Gasteiger partial charge in [-0.15, -0.1) is 0 Å². The molecule has 0 N–H and O–H groups in total. The lowest BCUT2D eigenvalue weighted by Crippen LogP contribution is -2.54. The summed E-state index contributed by atoms with van der Waals surface area (Å²) < 4.78 is 12.3. The monoisotopic (exact) mass is 916 g/mol. The molecule has 1 aliphatic heterocycles. The maximum Gasteiger partial charge on any atom is 0.226 e. The van der Waals surface area contributed by atoms with E-state index in [0.717, 1.165) is 30.4 Å². The number of nitrogens with zero attached hydrogens (tertiary/aromatic N) is 3. The largest absolute Gasteiger partial charge is 0.379 e. The van der Waals surface area contributed by atoms with Crippen LogP contribution in [0.25, 0.3) is 0 Å². The van der Waals surface area contributed by atoms with Crippen molar-refractivity contribution in [1.82, 2.24) is 14.7 Å². The summed E-state index contributed by atoms with van der Waals surface area (Å²) in [6.45, 7) is 21.3. The first-order valence-corrected chi connectivity index (χ1v) is 25.0. The molecule has 10 heteroatoms. The predicted molar refractivity (Wildman–Crippen MR) is 267 cm³/mol. The molecule has 0 saturated carbocycles. The minimum absolute atomic E-state index is 0.00444. The van der Waals surface area contributed by atoms with E-state index in [1.165, 1.54) is 5.56 Å². The second-order valence-corrected chi connectivity index (χ2v) is 21.8. The maximum absolute atomic E-state index is 14.5. The van der Waals surface area contributed by atoms with E-state index in [0.29, 0.717) is 38.6 Å². The summed E-state index contributed by atoms with van der Waals surface area (Å²) in [4.78, 5) is 76.0. The Morgan fingerprint density at radius 1 is 0.758 bits per heavy atom. The van der Waals surface area contributed by atoms with Gasteiger partial charge >= 0.3 is 0 Å². The highest BCUT2D eigenvalue weighted by atomic mass is 16.5. The van der Waals surface area contributed by atoms with E-state index in [1.54, 1.807) is 26.2 Å². The van der Waals surface area contributed by atoms with Gasteiger partial charge < -0.3 is 19.3 Å². The lowest BCUT2D eigenvalue weighted by Gasteiger charge is -2.41. The van der Waals surface area contributed by atoms with Crippen LogP contribution in [0.1, 0.15) is 137 Å². The van der Waals surface area contributed by atoms with E-state index >= 15 is 0 Å². The summed E-state index contributed by atoms with van der Waals surface area (Å²) in [6, 6.07) is 17.6. The highest BCUT2D eigenvalue weighted by molar-refractivity contribution is 5.90. The molecule has 2 amide bonds. The molecule has 1 aliphatic rings. The van der Waals surface area contributed by atoms with Crippen molar-refractivity contribution < 1.29 is 33.4 Å². The average Bonchev–Trinajstić information content (AvgIpc) is 3.74. The standard InChI is InChI=1S/C56H89N3O7/c1-16-39(6)53(58(13)55(64)46(37(2)3)34-49(62)52(38(4)5)57(11)12)50(65-14)35-51(63)59-30-20-23-47(59)54(66-15)40(7)48(61)33-44(31-42-21-18-17-19-22-42)32-45(60)29-28-41-24-26-43(27-25-41)36-56(8,9)10/h17-19,21-22,24-27,37-40,44,46-47,50,52-54H,16,20,23,28-36H2,1-15H3/t39-,40-,44-,46-,47-,50+,52-,53-,54+/m0/s1. The first-order chi connectivity index (χ1) is 31.0. The number of likely N-dealkylation sites (tertiary alicyclic amines) is 1. The fourth-order valence-electron chi connectivity index (χ4n) is 10.6. The van der Waals surface area contributed by atoms with Crippen LogP contribution in [0.3, 0.4) is 0 Å². The third-order valence-corrected chi connectivity index (χ3v) is 14.2. The zero-order valence-electron chi connectivity index (χ0n) is 43.7. The third kappa shape index (κ3) is 16.8. The number of ether oxygens (including phenoxy) is 2. The molecular weight excluding hydrogens is 827 g/mol. The summed E-state index contributed by atoms with van der Waals surface area (Å²) in [5, 5.41) is 0. The molecule has 0 radical (unpaired) electrons. The molecular formula is C56H89N3O7. The number of likely N-dealkylation sites (N-methyl/N-ethyl adjacent to an activating group) is 2. The molecule has 9 atom stereocenters. The number of methoxy groups -OCH3 is 2. The molecule has 1 fully saturated rings. The van der Waals surface area contributed by atoms with E-state index in [2.05, 4.69) is 71.0 Å². The number of carbonyl (C=O) groups excluding carboxylic acids is 5.